The third-order valence-electron chi connectivity index (χ3n) is 3.25. The average molecular weight is 292 g/mol. The third kappa shape index (κ3) is 3.32. The van der Waals surface area contributed by atoms with Gasteiger partial charge < -0.3 is 5.32 Å². The molecule has 0 aliphatic heterocycles. The number of aromatic amines is 1. The van der Waals surface area contributed by atoms with E-state index in [-0.39, 0.29) is 11.7 Å². The number of rotatable bonds is 6. The van der Waals surface area contributed by atoms with Gasteiger partial charge in [0.15, 0.2) is 5.16 Å². The van der Waals surface area contributed by atoms with E-state index in [9.17, 15) is 4.79 Å². The van der Waals surface area contributed by atoms with Crippen molar-refractivity contribution in [3.8, 4) is 0 Å². The molecule has 5 nitrogen and oxygen atoms in total. The summed E-state index contributed by atoms with van der Waals surface area (Å²) >= 11 is 1.58. The fraction of sp³-hybridized carbons (Fsp3) is 0.429. The first kappa shape index (κ1) is 14.9. The molecule has 0 amide bonds. The van der Waals surface area contributed by atoms with Gasteiger partial charge in [0.25, 0.3) is 0 Å². The summed E-state index contributed by atoms with van der Waals surface area (Å²) in [6.45, 7) is 4.65. The highest BCUT2D eigenvalue weighted by Crippen LogP contribution is 2.22. The van der Waals surface area contributed by atoms with Gasteiger partial charge in [-0.25, -0.2) is 9.89 Å². The Bertz CT molecular complexity index is 602. The summed E-state index contributed by atoms with van der Waals surface area (Å²) in [5.74, 6) is 0.823. The Labute approximate surface area is 122 Å². The molecule has 2 rings (SSSR count). The predicted octanol–water partition coefficient (Wildman–Crippen LogP) is 1.95. The zero-order chi connectivity index (χ0) is 14.5. The van der Waals surface area contributed by atoms with Gasteiger partial charge in [0, 0.05) is 18.3 Å². The van der Waals surface area contributed by atoms with Gasteiger partial charge in [0.1, 0.15) is 0 Å². The molecule has 0 spiro atoms. The van der Waals surface area contributed by atoms with Crippen LogP contribution in [0.4, 0.5) is 0 Å². The van der Waals surface area contributed by atoms with E-state index in [4.69, 9.17) is 0 Å². The van der Waals surface area contributed by atoms with E-state index in [2.05, 4.69) is 46.7 Å². The van der Waals surface area contributed by atoms with Crippen LogP contribution < -0.4 is 11.0 Å². The molecular formula is C14H20N4OS. The second kappa shape index (κ2) is 6.76. The van der Waals surface area contributed by atoms with E-state index in [1.54, 1.807) is 16.3 Å². The molecule has 1 heterocycles. The van der Waals surface area contributed by atoms with Crippen molar-refractivity contribution < 1.29 is 0 Å². The molecule has 0 fully saturated rings. The summed E-state index contributed by atoms with van der Waals surface area (Å²) in [4.78, 5) is 11.5. The van der Waals surface area contributed by atoms with Gasteiger partial charge in [-0.3, -0.25) is 4.57 Å². The van der Waals surface area contributed by atoms with Crippen molar-refractivity contribution >= 4 is 11.8 Å². The quantitative estimate of drug-likeness (QED) is 0.799. The lowest BCUT2D eigenvalue weighted by molar-refractivity contribution is 0.645. The summed E-state index contributed by atoms with van der Waals surface area (Å²) in [6.07, 6.45) is 0. The minimum atomic E-state index is -0.147. The molecule has 2 N–H and O–H groups in total. The van der Waals surface area contributed by atoms with Crippen LogP contribution in [0.3, 0.4) is 0 Å². The van der Waals surface area contributed by atoms with Crippen LogP contribution >= 0.6 is 11.8 Å². The van der Waals surface area contributed by atoms with Gasteiger partial charge >= 0.3 is 5.69 Å². The smallest absolute Gasteiger partial charge is 0.312 e. The second-order valence-corrected chi connectivity index (χ2v) is 5.61. The lowest BCUT2D eigenvalue weighted by atomic mass is 10.1. The molecule has 1 aromatic heterocycles. The van der Waals surface area contributed by atoms with Crippen molar-refractivity contribution in [1.29, 1.82) is 0 Å². The van der Waals surface area contributed by atoms with Crippen LogP contribution in [0.1, 0.15) is 24.1 Å². The molecule has 108 valence electrons. The van der Waals surface area contributed by atoms with Crippen LogP contribution in [-0.4, -0.2) is 27.6 Å². The van der Waals surface area contributed by atoms with E-state index < -0.39 is 0 Å². The predicted molar refractivity (Wildman–Crippen MR) is 82.2 cm³/mol. The number of hydrogen-bond acceptors (Lipinski definition) is 4. The van der Waals surface area contributed by atoms with Crippen LogP contribution in [-0.2, 0) is 6.54 Å². The van der Waals surface area contributed by atoms with E-state index >= 15 is 0 Å². The van der Waals surface area contributed by atoms with Gasteiger partial charge in [-0.2, -0.15) is 0 Å². The molecule has 6 heteroatoms. The molecule has 1 aromatic carbocycles. The van der Waals surface area contributed by atoms with E-state index in [1.807, 2.05) is 14.0 Å². The number of hydrogen-bond donors (Lipinski definition) is 2. The van der Waals surface area contributed by atoms with Gasteiger partial charge in [-0.15, -0.1) is 5.10 Å². The Kier molecular flexibility index (Phi) is 5.03. The van der Waals surface area contributed by atoms with Crippen molar-refractivity contribution in [3.05, 3.63) is 45.9 Å². The molecule has 0 aliphatic carbocycles. The Morgan fingerprint density at radius 2 is 2.10 bits per heavy atom. The zero-order valence-electron chi connectivity index (χ0n) is 12.0. The zero-order valence-corrected chi connectivity index (χ0v) is 12.8. The Balaban J connectivity index is 2.07. The summed E-state index contributed by atoms with van der Waals surface area (Å²) in [5.41, 5.74) is 2.35. The van der Waals surface area contributed by atoms with Crippen molar-refractivity contribution in [3.63, 3.8) is 0 Å². The maximum absolute atomic E-state index is 11.5. The highest BCUT2D eigenvalue weighted by molar-refractivity contribution is 7.99. The van der Waals surface area contributed by atoms with Crippen LogP contribution in [0.25, 0.3) is 0 Å². The molecule has 0 bridgehead atoms. The Hall–Kier alpha value is -1.53. The average Bonchev–Trinajstić information content (AvgIpc) is 2.81. The standard InChI is InChI=1S/C14H20N4OS/c1-4-18-13(19)16-17-14(18)20-9-12(15-3)11-7-5-10(2)6-8-11/h5-8,12,15H,4,9H2,1-3H3,(H,16,19). The first-order chi connectivity index (χ1) is 9.65. The number of aromatic nitrogens is 3. The molecule has 0 radical (unpaired) electrons. The van der Waals surface area contributed by atoms with Crippen LogP contribution in [0.5, 0.6) is 0 Å². The topological polar surface area (TPSA) is 62.7 Å². The molecule has 1 unspecified atom stereocenters. The number of H-pyrrole nitrogens is 1. The normalized spacial score (nSPS) is 12.6. The highest BCUT2D eigenvalue weighted by atomic mass is 32.2. The molecule has 0 aliphatic rings. The molecule has 20 heavy (non-hydrogen) atoms. The minimum Gasteiger partial charge on any atom is -0.312 e. The molecule has 1 atom stereocenters. The highest BCUT2D eigenvalue weighted by Gasteiger charge is 2.13. The van der Waals surface area contributed by atoms with Crippen LogP contribution in [0, 0.1) is 6.92 Å². The maximum Gasteiger partial charge on any atom is 0.343 e. The summed E-state index contributed by atoms with van der Waals surface area (Å²) in [6, 6.07) is 8.72. The molecule has 2 aromatic rings. The monoisotopic (exact) mass is 292 g/mol. The Morgan fingerprint density at radius 3 is 2.70 bits per heavy atom. The van der Waals surface area contributed by atoms with Gasteiger partial charge in [0.05, 0.1) is 0 Å². The lowest BCUT2D eigenvalue weighted by Crippen LogP contribution is -2.20. The SMILES string of the molecule is CCn1c(SCC(NC)c2ccc(C)cc2)n[nH]c1=O. The van der Waals surface area contributed by atoms with Crippen LogP contribution in [0.2, 0.25) is 0 Å². The molecule has 0 saturated carbocycles. The minimum absolute atomic E-state index is 0.147. The first-order valence-electron chi connectivity index (χ1n) is 6.67. The summed E-state index contributed by atoms with van der Waals surface area (Å²) < 4.78 is 1.65. The van der Waals surface area contributed by atoms with Crippen LogP contribution in [0.15, 0.2) is 34.2 Å². The molecular weight excluding hydrogens is 272 g/mol. The van der Waals surface area contributed by atoms with Gasteiger partial charge in [-0.1, -0.05) is 41.6 Å². The van der Waals surface area contributed by atoms with Crippen molar-refractivity contribution in [2.45, 2.75) is 31.6 Å². The van der Waals surface area contributed by atoms with Crippen molar-refractivity contribution in [1.82, 2.24) is 20.1 Å². The number of benzene rings is 1. The number of nitrogens with one attached hydrogen (secondary N) is 2. The van der Waals surface area contributed by atoms with Gasteiger partial charge in [-0.05, 0) is 26.5 Å². The number of nitrogens with zero attached hydrogens (tertiary/aromatic N) is 2. The largest absolute Gasteiger partial charge is 0.343 e. The maximum atomic E-state index is 11.5. The number of thioether (sulfide) groups is 1. The second-order valence-electron chi connectivity index (χ2n) is 4.62. The summed E-state index contributed by atoms with van der Waals surface area (Å²) in [7, 11) is 1.95. The van der Waals surface area contributed by atoms with E-state index in [1.165, 1.54) is 11.1 Å². The fourth-order valence-corrected chi connectivity index (χ4v) is 3.15. The van der Waals surface area contributed by atoms with E-state index in [0.717, 1.165) is 10.9 Å². The number of aryl methyl sites for hydroxylation is 1. The van der Waals surface area contributed by atoms with Crippen molar-refractivity contribution in [2.24, 2.45) is 0 Å². The first-order valence-corrected chi connectivity index (χ1v) is 7.66. The van der Waals surface area contributed by atoms with Crippen molar-refractivity contribution in [2.75, 3.05) is 12.8 Å². The van der Waals surface area contributed by atoms with Gasteiger partial charge in [0.2, 0.25) is 0 Å². The third-order valence-corrected chi connectivity index (χ3v) is 4.32. The van der Waals surface area contributed by atoms with E-state index in [0.29, 0.717) is 6.54 Å². The summed E-state index contributed by atoms with van der Waals surface area (Å²) in [5, 5.41) is 10.6. The lowest BCUT2D eigenvalue weighted by Gasteiger charge is -2.16. The molecule has 0 saturated heterocycles. The Morgan fingerprint density at radius 1 is 1.40 bits per heavy atom. The fourth-order valence-electron chi connectivity index (χ4n) is 2.00.